The fourth-order valence-electron chi connectivity index (χ4n) is 3.38. The largest absolute Gasteiger partial charge is 0.339 e. The summed E-state index contributed by atoms with van der Waals surface area (Å²) in [6.45, 7) is 1.04. The standard InChI is InChI=1S/C20H17ClN4O4/c21-16-6-4-13(5-7-16)18-22-19(29-23-18)14-8-10-24(11-9-14)20(26)15-2-1-3-17(12-15)25(27)28/h1-7,12,14H,8-11H2. The number of non-ortho nitro benzene ring substituents is 1. The van der Waals surface area contributed by atoms with Crippen LogP contribution in [-0.2, 0) is 0 Å². The maximum absolute atomic E-state index is 12.7. The third-order valence-corrected chi connectivity index (χ3v) is 5.23. The van der Waals surface area contributed by atoms with Crippen molar-refractivity contribution in [3.63, 3.8) is 0 Å². The molecule has 0 bridgehead atoms. The molecule has 148 valence electrons. The van der Waals surface area contributed by atoms with Gasteiger partial charge in [-0.1, -0.05) is 22.8 Å². The van der Waals surface area contributed by atoms with Crippen molar-refractivity contribution in [2.75, 3.05) is 13.1 Å². The maximum Gasteiger partial charge on any atom is 0.270 e. The van der Waals surface area contributed by atoms with Crippen LogP contribution in [0.25, 0.3) is 11.4 Å². The van der Waals surface area contributed by atoms with Gasteiger partial charge in [-0.15, -0.1) is 0 Å². The van der Waals surface area contributed by atoms with E-state index in [1.54, 1.807) is 23.1 Å². The zero-order valence-corrected chi connectivity index (χ0v) is 16.1. The lowest BCUT2D eigenvalue weighted by molar-refractivity contribution is -0.384. The van der Waals surface area contributed by atoms with Crippen molar-refractivity contribution in [3.05, 3.63) is 75.1 Å². The molecule has 4 rings (SSSR count). The first-order valence-electron chi connectivity index (χ1n) is 9.14. The van der Waals surface area contributed by atoms with E-state index in [0.717, 1.165) is 5.56 Å². The number of amides is 1. The number of nitro benzene ring substituents is 1. The zero-order chi connectivity index (χ0) is 20.4. The fraction of sp³-hybridized carbons (Fsp3) is 0.250. The van der Waals surface area contributed by atoms with Gasteiger partial charge >= 0.3 is 0 Å². The van der Waals surface area contributed by atoms with Crippen LogP contribution in [0.5, 0.6) is 0 Å². The van der Waals surface area contributed by atoms with Gasteiger partial charge in [0.15, 0.2) is 0 Å². The van der Waals surface area contributed by atoms with Gasteiger partial charge in [0.2, 0.25) is 11.7 Å². The van der Waals surface area contributed by atoms with Crippen LogP contribution in [-0.4, -0.2) is 39.0 Å². The van der Waals surface area contributed by atoms with Crippen LogP contribution in [0.15, 0.2) is 53.1 Å². The molecule has 0 N–H and O–H groups in total. The smallest absolute Gasteiger partial charge is 0.270 e. The van der Waals surface area contributed by atoms with E-state index in [2.05, 4.69) is 10.1 Å². The van der Waals surface area contributed by atoms with Crippen LogP contribution in [0.3, 0.4) is 0 Å². The average molecular weight is 413 g/mol. The maximum atomic E-state index is 12.7. The van der Waals surface area contributed by atoms with E-state index in [1.807, 2.05) is 12.1 Å². The molecule has 0 spiro atoms. The molecule has 1 aliphatic heterocycles. The normalized spacial score (nSPS) is 14.7. The molecule has 1 amide bonds. The van der Waals surface area contributed by atoms with Crippen molar-refractivity contribution in [1.82, 2.24) is 15.0 Å². The molecular formula is C20H17ClN4O4. The Morgan fingerprint density at radius 3 is 2.59 bits per heavy atom. The van der Waals surface area contributed by atoms with E-state index in [9.17, 15) is 14.9 Å². The van der Waals surface area contributed by atoms with Crippen LogP contribution < -0.4 is 0 Å². The number of nitro groups is 1. The van der Waals surface area contributed by atoms with Crippen LogP contribution in [0.1, 0.15) is 35.0 Å². The second kappa shape index (κ2) is 8.00. The summed E-state index contributed by atoms with van der Waals surface area (Å²) >= 11 is 5.90. The first-order valence-corrected chi connectivity index (χ1v) is 9.52. The summed E-state index contributed by atoms with van der Waals surface area (Å²) in [5.41, 5.74) is 1.05. The molecule has 1 fully saturated rings. The van der Waals surface area contributed by atoms with Gasteiger partial charge in [-0.05, 0) is 43.2 Å². The number of hydrogen-bond acceptors (Lipinski definition) is 6. The monoisotopic (exact) mass is 412 g/mol. The zero-order valence-electron chi connectivity index (χ0n) is 15.3. The molecule has 1 aromatic heterocycles. The van der Waals surface area contributed by atoms with E-state index >= 15 is 0 Å². The fourth-order valence-corrected chi connectivity index (χ4v) is 3.51. The van der Waals surface area contributed by atoms with Crippen molar-refractivity contribution in [3.8, 4) is 11.4 Å². The first kappa shape index (κ1) is 19.1. The number of benzene rings is 2. The quantitative estimate of drug-likeness (QED) is 0.467. The Kier molecular flexibility index (Phi) is 5.26. The van der Waals surface area contributed by atoms with Crippen molar-refractivity contribution in [2.45, 2.75) is 18.8 Å². The van der Waals surface area contributed by atoms with E-state index in [-0.39, 0.29) is 17.5 Å². The van der Waals surface area contributed by atoms with Crippen LogP contribution in [0.4, 0.5) is 5.69 Å². The Hall–Kier alpha value is -3.26. The van der Waals surface area contributed by atoms with E-state index in [0.29, 0.717) is 48.2 Å². The molecule has 0 unspecified atom stereocenters. The summed E-state index contributed by atoms with van der Waals surface area (Å²) in [6, 6.07) is 13.0. The van der Waals surface area contributed by atoms with Gasteiger partial charge in [-0.2, -0.15) is 4.98 Å². The highest BCUT2D eigenvalue weighted by Gasteiger charge is 2.28. The number of piperidine rings is 1. The van der Waals surface area contributed by atoms with Gasteiger partial charge in [0.1, 0.15) is 0 Å². The van der Waals surface area contributed by atoms with E-state index < -0.39 is 4.92 Å². The average Bonchev–Trinajstić information content (AvgIpc) is 3.24. The number of carbonyl (C=O) groups excluding carboxylic acids is 1. The Bertz CT molecular complexity index is 1040. The molecule has 29 heavy (non-hydrogen) atoms. The summed E-state index contributed by atoms with van der Waals surface area (Å²) in [5, 5.41) is 15.6. The molecule has 1 aliphatic rings. The topological polar surface area (TPSA) is 102 Å². The summed E-state index contributed by atoms with van der Waals surface area (Å²) in [7, 11) is 0. The minimum atomic E-state index is -0.503. The van der Waals surface area contributed by atoms with Gasteiger partial charge in [0.25, 0.3) is 11.6 Å². The summed E-state index contributed by atoms with van der Waals surface area (Å²) < 4.78 is 5.44. The van der Waals surface area contributed by atoms with E-state index in [1.165, 1.54) is 18.2 Å². The molecule has 0 saturated carbocycles. The molecular weight excluding hydrogens is 396 g/mol. The van der Waals surface area contributed by atoms with Crippen LogP contribution >= 0.6 is 11.6 Å². The lowest BCUT2D eigenvalue weighted by Crippen LogP contribution is -2.38. The number of nitrogens with zero attached hydrogens (tertiary/aromatic N) is 4. The third kappa shape index (κ3) is 4.12. The van der Waals surface area contributed by atoms with Crippen LogP contribution in [0, 0.1) is 10.1 Å². The summed E-state index contributed by atoms with van der Waals surface area (Å²) in [5.74, 6) is 0.918. The predicted octanol–water partition coefficient (Wildman–Crippen LogP) is 4.32. The summed E-state index contributed by atoms with van der Waals surface area (Å²) in [4.78, 5) is 29.3. The molecule has 2 heterocycles. The Morgan fingerprint density at radius 2 is 1.90 bits per heavy atom. The van der Waals surface area contributed by atoms with Crippen molar-refractivity contribution in [2.24, 2.45) is 0 Å². The number of hydrogen-bond donors (Lipinski definition) is 0. The highest BCUT2D eigenvalue weighted by molar-refractivity contribution is 6.30. The van der Waals surface area contributed by atoms with Crippen molar-refractivity contribution in [1.29, 1.82) is 0 Å². The molecule has 9 heteroatoms. The minimum absolute atomic E-state index is 0.0673. The Morgan fingerprint density at radius 1 is 1.17 bits per heavy atom. The van der Waals surface area contributed by atoms with E-state index in [4.69, 9.17) is 16.1 Å². The molecule has 1 saturated heterocycles. The van der Waals surface area contributed by atoms with Gasteiger partial charge in [-0.3, -0.25) is 14.9 Å². The lowest BCUT2D eigenvalue weighted by atomic mass is 9.96. The molecule has 2 aromatic carbocycles. The molecule has 0 aliphatic carbocycles. The molecule has 0 atom stereocenters. The van der Waals surface area contributed by atoms with Gasteiger partial charge < -0.3 is 9.42 Å². The highest BCUT2D eigenvalue weighted by atomic mass is 35.5. The lowest BCUT2D eigenvalue weighted by Gasteiger charge is -2.30. The predicted molar refractivity (Wildman–Crippen MR) is 106 cm³/mol. The number of likely N-dealkylation sites (tertiary alicyclic amines) is 1. The highest BCUT2D eigenvalue weighted by Crippen LogP contribution is 2.29. The van der Waals surface area contributed by atoms with Crippen LogP contribution in [0.2, 0.25) is 5.02 Å². The first-order chi connectivity index (χ1) is 14.0. The summed E-state index contributed by atoms with van der Waals surface area (Å²) in [6.07, 6.45) is 1.37. The second-order valence-corrected chi connectivity index (χ2v) is 7.27. The van der Waals surface area contributed by atoms with Crippen molar-refractivity contribution < 1.29 is 14.2 Å². The minimum Gasteiger partial charge on any atom is -0.339 e. The van der Waals surface area contributed by atoms with Gasteiger partial charge in [-0.25, -0.2) is 0 Å². The number of aromatic nitrogens is 2. The van der Waals surface area contributed by atoms with Crippen molar-refractivity contribution >= 4 is 23.2 Å². The number of carbonyl (C=O) groups is 1. The SMILES string of the molecule is O=C(c1cccc([N+](=O)[O-])c1)N1CCC(c2nc(-c3ccc(Cl)cc3)no2)CC1. The Balaban J connectivity index is 1.41. The number of rotatable bonds is 4. The molecule has 0 radical (unpaired) electrons. The second-order valence-electron chi connectivity index (χ2n) is 6.84. The number of halogens is 1. The third-order valence-electron chi connectivity index (χ3n) is 4.98. The Labute approximate surface area is 171 Å². The molecule has 8 nitrogen and oxygen atoms in total. The van der Waals surface area contributed by atoms with Gasteiger partial charge in [0, 0.05) is 47.3 Å². The van der Waals surface area contributed by atoms with Gasteiger partial charge in [0.05, 0.1) is 4.92 Å². The molecule has 3 aromatic rings.